The molecule has 1 aliphatic rings. The fraction of sp³-hybridized carbons (Fsp3) is 0.333. The fourth-order valence-corrected chi connectivity index (χ4v) is 3.45. The van der Waals surface area contributed by atoms with Gasteiger partial charge in [0, 0.05) is 25.2 Å². The standard InChI is InChI=1S/C18H19BrN2O3/c19-17-15(9-4-10-20-17)24-16(13-6-2-1-3-7-13)14-8-5-11-21(12-14)18(22)23/h1-4,6-7,9-10,14,16H,5,8,11-12H2,(H,22,23)/t14-,16?/m0/s1. The molecule has 1 N–H and O–H groups in total. The van der Waals surface area contributed by atoms with Crippen LogP contribution in [0.1, 0.15) is 24.5 Å². The van der Waals surface area contributed by atoms with Crippen LogP contribution in [-0.4, -0.2) is 34.2 Å². The zero-order valence-electron chi connectivity index (χ0n) is 13.1. The van der Waals surface area contributed by atoms with Crippen LogP contribution in [0.5, 0.6) is 5.75 Å². The van der Waals surface area contributed by atoms with Crippen molar-refractivity contribution in [3.05, 3.63) is 58.8 Å². The van der Waals surface area contributed by atoms with Gasteiger partial charge in [-0.15, -0.1) is 0 Å². The highest BCUT2D eigenvalue weighted by Gasteiger charge is 2.32. The molecule has 6 heteroatoms. The molecule has 1 amide bonds. The lowest BCUT2D eigenvalue weighted by Gasteiger charge is -2.36. The van der Waals surface area contributed by atoms with Crippen LogP contribution in [0.3, 0.4) is 0 Å². The van der Waals surface area contributed by atoms with Crippen LogP contribution in [-0.2, 0) is 0 Å². The smallest absolute Gasteiger partial charge is 0.407 e. The summed E-state index contributed by atoms with van der Waals surface area (Å²) in [6.07, 6.45) is 2.39. The maximum atomic E-state index is 11.3. The molecule has 1 unspecified atom stereocenters. The third-order valence-electron chi connectivity index (χ3n) is 4.26. The van der Waals surface area contributed by atoms with Gasteiger partial charge in [0.25, 0.3) is 0 Å². The van der Waals surface area contributed by atoms with Crippen molar-refractivity contribution < 1.29 is 14.6 Å². The van der Waals surface area contributed by atoms with Gasteiger partial charge in [0.1, 0.15) is 10.7 Å². The Morgan fingerprint density at radius 1 is 1.29 bits per heavy atom. The predicted octanol–water partition coefficient (Wildman–Crippen LogP) is 4.35. The van der Waals surface area contributed by atoms with Crippen molar-refractivity contribution in [1.29, 1.82) is 0 Å². The summed E-state index contributed by atoms with van der Waals surface area (Å²) in [6, 6.07) is 13.6. The first-order valence-corrected chi connectivity index (χ1v) is 8.74. The van der Waals surface area contributed by atoms with E-state index in [9.17, 15) is 9.90 Å². The number of benzene rings is 1. The normalized spacial score (nSPS) is 18.9. The molecule has 126 valence electrons. The van der Waals surface area contributed by atoms with E-state index in [0.717, 1.165) is 18.4 Å². The van der Waals surface area contributed by atoms with Crippen LogP contribution in [0.4, 0.5) is 4.79 Å². The Morgan fingerprint density at radius 2 is 2.08 bits per heavy atom. The van der Waals surface area contributed by atoms with Crippen LogP contribution in [0.2, 0.25) is 0 Å². The minimum Gasteiger partial charge on any atom is -0.483 e. The Kier molecular flexibility index (Phi) is 5.35. The molecule has 2 atom stereocenters. The fourth-order valence-electron chi connectivity index (χ4n) is 3.11. The lowest BCUT2D eigenvalue weighted by molar-refractivity contribution is 0.0637. The van der Waals surface area contributed by atoms with E-state index in [1.165, 1.54) is 4.90 Å². The van der Waals surface area contributed by atoms with Gasteiger partial charge in [0.15, 0.2) is 5.75 Å². The number of ether oxygens (including phenoxy) is 1. The number of nitrogens with zero attached hydrogens (tertiary/aromatic N) is 2. The van der Waals surface area contributed by atoms with Gasteiger partial charge in [-0.05, 0) is 46.5 Å². The number of aromatic nitrogens is 1. The number of halogens is 1. The van der Waals surface area contributed by atoms with Crippen LogP contribution >= 0.6 is 15.9 Å². The van der Waals surface area contributed by atoms with Crippen molar-refractivity contribution in [3.63, 3.8) is 0 Å². The molecule has 1 saturated heterocycles. The first kappa shape index (κ1) is 16.8. The predicted molar refractivity (Wildman–Crippen MR) is 94.1 cm³/mol. The summed E-state index contributed by atoms with van der Waals surface area (Å²) in [5.74, 6) is 0.767. The number of hydrogen-bond donors (Lipinski definition) is 1. The van der Waals surface area contributed by atoms with E-state index >= 15 is 0 Å². The Morgan fingerprint density at radius 3 is 2.79 bits per heavy atom. The third kappa shape index (κ3) is 3.87. The van der Waals surface area contributed by atoms with Crippen LogP contribution < -0.4 is 4.74 Å². The van der Waals surface area contributed by atoms with E-state index in [1.54, 1.807) is 6.20 Å². The monoisotopic (exact) mass is 390 g/mol. The van der Waals surface area contributed by atoms with E-state index < -0.39 is 6.09 Å². The SMILES string of the molecule is O=C(O)N1CCC[C@H](C(Oc2cccnc2Br)c2ccccc2)C1. The second-order valence-corrected chi connectivity index (χ2v) is 6.62. The van der Waals surface area contributed by atoms with Gasteiger partial charge in [0.2, 0.25) is 0 Å². The largest absolute Gasteiger partial charge is 0.483 e. The number of rotatable bonds is 4. The molecule has 0 saturated carbocycles. The van der Waals surface area contributed by atoms with Crippen molar-refractivity contribution in [2.75, 3.05) is 13.1 Å². The van der Waals surface area contributed by atoms with E-state index in [0.29, 0.717) is 23.4 Å². The van der Waals surface area contributed by atoms with E-state index in [2.05, 4.69) is 20.9 Å². The molecule has 2 aromatic rings. The molecule has 5 nitrogen and oxygen atoms in total. The number of pyridine rings is 1. The van der Waals surface area contributed by atoms with Gasteiger partial charge in [-0.2, -0.15) is 0 Å². The molecule has 2 heterocycles. The molecule has 3 rings (SSSR count). The van der Waals surface area contributed by atoms with Gasteiger partial charge >= 0.3 is 6.09 Å². The summed E-state index contributed by atoms with van der Waals surface area (Å²) in [4.78, 5) is 17.0. The maximum absolute atomic E-state index is 11.3. The van der Waals surface area contributed by atoms with E-state index in [-0.39, 0.29) is 12.0 Å². The molecule has 0 radical (unpaired) electrons. The van der Waals surface area contributed by atoms with Gasteiger partial charge in [-0.3, -0.25) is 0 Å². The molecule has 1 fully saturated rings. The topological polar surface area (TPSA) is 62.7 Å². The van der Waals surface area contributed by atoms with Crippen molar-refractivity contribution >= 4 is 22.0 Å². The molecule has 1 aliphatic heterocycles. The molecule has 1 aromatic carbocycles. The average molecular weight is 391 g/mol. The molecule has 0 spiro atoms. The summed E-state index contributed by atoms with van der Waals surface area (Å²) < 4.78 is 6.92. The van der Waals surface area contributed by atoms with Crippen LogP contribution in [0, 0.1) is 5.92 Å². The number of likely N-dealkylation sites (tertiary alicyclic amines) is 1. The Labute approximate surface area is 149 Å². The summed E-state index contributed by atoms with van der Waals surface area (Å²) >= 11 is 3.42. The second kappa shape index (κ2) is 7.66. The van der Waals surface area contributed by atoms with Gasteiger partial charge in [0.05, 0.1) is 0 Å². The lowest BCUT2D eigenvalue weighted by atomic mass is 9.88. The maximum Gasteiger partial charge on any atom is 0.407 e. The molecular formula is C18H19BrN2O3. The highest BCUT2D eigenvalue weighted by molar-refractivity contribution is 9.10. The summed E-state index contributed by atoms with van der Waals surface area (Å²) in [7, 11) is 0. The highest BCUT2D eigenvalue weighted by atomic mass is 79.9. The Hall–Kier alpha value is -2.08. The van der Waals surface area contributed by atoms with Gasteiger partial charge in [-0.1, -0.05) is 30.3 Å². The summed E-state index contributed by atoms with van der Waals surface area (Å²) in [5, 5.41) is 9.31. The Bertz CT molecular complexity index is 696. The van der Waals surface area contributed by atoms with Crippen molar-refractivity contribution in [1.82, 2.24) is 9.88 Å². The third-order valence-corrected chi connectivity index (χ3v) is 4.86. The van der Waals surface area contributed by atoms with Crippen molar-refractivity contribution in [2.24, 2.45) is 5.92 Å². The quantitative estimate of drug-likeness (QED) is 0.787. The Balaban J connectivity index is 1.88. The van der Waals surface area contributed by atoms with Gasteiger partial charge < -0.3 is 14.7 Å². The number of amides is 1. The number of piperidine rings is 1. The summed E-state index contributed by atoms with van der Waals surface area (Å²) in [5.41, 5.74) is 1.05. The zero-order valence-corrected chi connectivity index (χ0v) is 14.7. The molecule has 0 bridgehead atoms. The minimum absolute atomic E-state index is 0.101. The zero-order chi connectivity index (χ0) is 16.9. The second-order valence-electron chi connectivity index (χ2n) is 5.87. The van der Waals surface area contributed by atoms with Crippen molar-refractivity contribution in [3.8, 4) is 5.75 Å². The van der Waals surface area contributed by atoms with Crippen LogP contribution in [0.15, 0.2) is 53.3 Å². The number of carboxylic acid groups (broad SMARTS) is 1. The highest BCUT2D eigenvalue weighted by Crippen LogP contribution is 2.35. The molecule has 1 aromatic heterocycles. The van der Waals surface area contributed by atoms with E-state index in [1.807, 2.05) is 42.5 Å². The first-order valence-electron chi connectivity index (χ1n) is 7.95. The first-order chi connectivity index (χ1) is 11.6. The minimum atomic E-state index is -0.867. The van der Waals surface area contributed by atoms with Crippen molar-refractivity contribution in [2.45, 2.75) is 18.9 Å². The van der Waals surface area contributed by atoms with Gasteiger partial charge in [-0.25, -0.2) is 9.78 Å². The number of carbonyl (C=O) groups is 1. The molecular weight excluding hydrogens is 372 g/mol. The van der Waals surface area contributed by atoms with Crippen LogP contribution in [0.25, 0.3) is 0 Å². The lowest BCUT2D eigenvalue weighted by Crippen LogP contribution is -2.41. The van der Waals surface area contributed by atoms with E-state index in [4.69, 9.17) is 4.74 Å². The molecule has 0 aliphatic carbocycles. The molecule has 24 heavy (non-hydrogen) atoms. The summed E-state index contributed by atoms with van der Waals surface area (Å²) in [6.45, 7) is 1.07. The average Bonchev–Trinajstić information content (AvgIpc) is 2.62. The number of hydrogen-bond acceptors (Lipinski definition) is 3.